The van der Waals surface area contributed by atoms with Gasteiger partial charge >= 0.3 is 0 Å². The van der Waals surface area contributed by atoms with Gasteiger partial charge in [0.05, 0.1) is 17.2 Å². The lowest BCUT2D eigenvalue weighted by molar-refractivity contribution is 1.11. The zero-order chi connectivity index (χ0) is 15.6. The minimum atomic E-state index is 0.532. The van der Waals surface area contributed by atoms with Gasteiger partial charge in [0.2, 0.25) is 5.65 Å². The highest BCUT2D eigenvalue weighted by Crippen LogP contribution is 2.19. The monoisotopic (exact) mass is 322 g/mol. The molecule has 23 heavy (non-hydrogen) atoms. The third-order valence-corrected chi connectivity index (χ3v) is 3.76. The van der Waals surface area contributed by atoms with Gasteiger partial charge in [0.25, 0.3) is 0 Å². The van der Waals surface area contributed by atoms with E-state index >= 15 is 0 Å². The minimum Gasteiger partial charge on any atom is -0.277 e. The molecule has 0 saturated carbocycles. The van der Waals surface area contributed by atoms with E-state index in [1.54, 1.807) is 12.5 Å². The van der Waals surface area contributed by atoms with Gasteiger partial charge in [-0.2, -0.15) is 5.10 Å². The SMILES string of the molecule is Clc1ccccc1/C=N/Nc1nc2ccccc2n2cnnc12. The number of aromatic nitrogens is 4. The highest BCUT2D eigenvalue weighted by atomic mass is 35.5. The average molecular weight is 323 g/mol. The number of hydrazone groups is 1. The largest absolute Gasteiger partial charge is 0.277 e. The van der Waals surface area contributed by atoms with Gasteiger partial charge in [0.1, 0.15) is 6.33 Å². The second-order valence-electron chi connectivity index (χ2n) is 4.87. The van der Waals surface area contributed by atoms with Gasteiger partial charge in [-0.05, 0) is 18.2 Å². The smallest absolute Gasteiger partial charge is 0.205 e. The Labute approximate surface area is 136 Å². The zero-order valence-electron chi connectivity index (χ0n) is 11.9. The van der Waals surface area contributed by atoms with Gasteiger partial charge in [-0.1, -0.05) is 41.9 Å². The maximum absolute atomic E-state index is 6.10. The van der Waals surface area contributed by atoms with Gasteiger partial charge in [0.15, 0.2) is 5.82 Å². The lowest BCUT2D eigenvalue weighted by Gasteiger charge is -2.05. The van der Waals surface area contributed by atoms with Crippen LogP contribution < -0.4 is 5.43 Å². The molecule has 0 unspecified atom stereocenters. The molecular weight excluding hydrogens is 312 g/mol. The van der Waals surface area contributed by atoms with E-state index in [0.717, 1.165) is 16.6 Å². The van der Waals surface area contributed by atoms with Crippen LogP contribution in [0.5, 0.6) is 0 Å². The van der Waals surface area contributed by atoms with Crippen molar-refractivity contribution in [3.8, 4) is 0 Å². The predicted octanol–water partition coefficient (Wildman–Crippen LogP) is 3.38. The standard InChI is InChI=1S/C16H11ClN6/c17-12-6-2-1-5-11(12)9-18-21-15-16-22-19-10-23(16)14-8-4-3-7-13(14)20-15/h1-10H,(H,20,21)/b18-9+. The molecule has 0 bridgehead atoms. The van der Waals surface area contributed by atoms with Crippen molar-refractivity contribution in [2.45, 2.75) is 0 Å². The lowest BCUT2D eigenvalue weighted by Crippen LogP contribution is -1.99. The topological polar surface area (TPSA) is 67.5 Å². The number of nitrogens with zero attached hydrogens (tertiary/aromatic N) is 5. The quantitative estimate of drug-likeness (QED) is 0.464. The molecule has 0 atom stereocenters. The number of halogens is 1. The Morgan fingerprint density at radius 2 is 1.91 bits per heavy atom. The molecule has 2 aromatic carbocycles. The first-order valence-electron chi connectivity index (χ1n) is 6.95. The molecule has 7 heteroatoms. The Hall–Kier alpha value is -2.99. The van der Waals surface area contributed by atoms with Gasteiger partial charge in [-0.25, -0.2) is 4.98 Å². The van der Waals surface area contributed by atoms with Crippen molar-refractivity contribution in [3.63, 3.8) is 0 Å². The zero-order valence-corrected chi connectivity index (χ0v) is 12.6. The lowest BCUT2D eigenvalue weighted by atomic mass is 10.2. The van der Waals surface area contributed by atoms with E-state index in [2.05, 4.69) is 25.7 Å². The summed E-state index contributed by atoms with van der Waals surface area (Å²) in [6, 6.07) is 15.2. The van der Waals surface area contributed by atoms with Crippen LogP contribution in [-0.2, 0) is 0 Å². The molecule has 4 aromatic rings. The second kappa shape index (κ2) is 5.66. The maximum atomic E-state index is 6.10. The first-order chi connectivity index (χ1) is 11.3. The highest BCUT2D eigenvalue weighted by Gasteiger charge is 2.09. The molecule has 0 aliphatic carbocycles. The summed E-state index contributed by atoms with van der Waals surface area (Å²) < 4.78 is 1.87. The molecule has 0 amide bonds. The summed E-state index contributed by atoms with van der Waals surface area (Å²) in [5, 5.41) is 12.9. The number of anilines is 1. The number of fused-ring (bicyclic) bond motifs is 3. The maximum Gasteiger partial charge on any atom is 0.205 e. The van der Waals surface area contributed by atoms with Crippen LogP contribution in [0, 0.1) is 0 Å². The average Bonchev–Trinajstić information content (AvgIpc) is 3.07. The summed E-state index contributed by atoms with van der Waals surface area (Å²) >= 11 is 6.10. The Kier molecular flexibility index (Phi) is 3.36. The third-order valence-electron chi connectivity index (χ3n) is 3.41. The first kappa shape index (κ1) is 13.7. The van der Waals surface area contributed by atoms with Crippen LogP contribution in [0.25, 0.3) is 16.7 Å². The minimum absolute atomic E-state index is 0.532. The summed E-state index contributed by atoms with van der Waals surface area (Å²) in [6.45, 7) is 0. The Balaban J connectivity index is 1.73. The fraction of sp³-hybridized carbons (Fsp3) is 0. The molecule has 112 valence electrons. The second-order valence-corrected chi connectivity index (χ2v) is 5.27. The molecule has 0 fully saturated rings. The van der Waals surface area contributed by atoms with Crippen molar-refractivity contribution < 1.29 is 0 Å². The Bertz CT molecular complexity index is 1020. The van der Waals surface area contributed by atoms with Crippen LogP contribution >= 0.6 is 11.6 Å². The van der Waals surface area contributed by atoms with E-state index in [1.165, 1.54) is 0 Å². The molecule has 0 aliphatic heterocycles. The summed E-state index contributed by atoms with van der Waals surface area (Å²) in [5.74, 6) is 0.532. The molecule has 0 aliphatic rings. The molecule has 0 spiro atoms. The fourth-order valence-corrected chi connectivity index (χ4v) is 2.51. The van der Waals surface area contributed by atoms with Gasteiger partial charge in [0, 0.05) is 10.6 Å². The van der Waals surface area contributed by atoms with E-state index in [1.807, 2.05) is 52.9 Å². The number of hydrogen-bond donors (Lipinski definition) is 1. The van der Waals surface area contributed by atoms with Crippen molar-refractivity contribution in [3.05, 3.63) is 65.4 Å². The number of rotatable bonds is 3. The van der Waals surface area contributed by atoms with Crippen LogP contribution in [0.2, 0.25) is 5.02 Å². The normalized spacial score (nSPS) is 11.5. The predicted molar refractivity (Wildman–Crippen MR) is 91.0 cm³/mol. The van der Waals surface area contributed by atoms with E-state index in [0.29, 0.717) is 16.5 Å². The third kappa shape index (κ3) is 2.49. The molecule has 0 saturated heterocycles. The van der Waals surface area contributed by atoms with Gasteiger partial charge < -0.3 is 0 Å². The molecule has 6 nitrogen and oxygen atoms in total. The number of hydrogen-bond acceptors (Lipinski definition) is 5. The molecule has 0 radical (unpaired) electrons. The van der Waals surface area contributed by atoms with Gasteiger partial charge in [-0.15, -0.1) is 10.2 Å². The molecule has 2 heterocycles. The van der Waals surface area contributed by atoms with Crippen LogP contribution in [0.15, 0.2) is 60.0 Å². The summed E-state index contributed by atoms with van der Waals surface area (Å²) in [4.78, 5) is 4.55. The number of para-hydroxylation sites is 2. The van der Waals surface area contributed by atoms with Crippen LogP contribution in [-0.4, -0.2) is 25.8 Å². The first-order valence-corrected chi connectivity index (χ1v) is 7.33. The van der Waals surface area contributed by atoms with Crippen LogP contribution in [0.1, 0.15) is 5.56 Å². The summed E-state index contributed by atoms with van der Waals surface area (Å²) in [6.07, 6.45) is 3.30. The Morgan fingerprint density at radius 1 is 1.09 bits per heavy atom. The molecule has 1 N–H and O–H groups in total. The molecular formula is C16H11ClN6. The van der Waals surface area contributed by atoms with Crippen LogP contribution in [0.3, 0.4) is 0 Å². The van der Waals surface area contributed by atoms with E-state index in [-0.39, 0.29) is 0 Å². The Morgan fingerprint density at radius 3 is 2.83 bits per heavy atom. The van der Waals surface area contributed by atoms with Crippen molar-refractivity contribution >= 4 is 40.3 Å². The van der Waals surface area contributed by atoms with Crippen molar-refractivity contribution in [2.75, 3.05) is 5.43 Å². The summed E-state index contributed by atoms with van der Waals surface area (Å²) in [7, 11) is 0. The number of benzene rings is 2. The van der Waals surface area contributed by atoms with Crippen molar-refractivity contribution in [2.24, 2.45) is 5.10 Å². The molecule has 4 rings (SSSR count). The van der Waals surface area contributed by atoms with Crippen molar-refractivity contribution in [1.82, 2.24) is 19.6 Å². The number of nitrogens with one attached hydrogen (secondary N) is 1. The molecule has 2 aromatic heterocycles. The van der Waals surface area contributed by atoms with E-state index in [9.17, 15) is 0 Å². The van der Waals surface area contributed by atoms with E-state index in [4.69, 9.17) is 11.6 Å². The summed E-state index contributed by atoms with van der Waals surface area (Å²) in [5.41, 5.74) is 6.12. The van der Waals surface area contributed by atoms with Crippen LogP contribution in [0.4, 0.5) is 5.82 Å². The van der Waals surface area contributed by atoms with E-state index < -0.39 is 0 Å². The van der Waals surface area contributed by atoms with Gasteiger partial charge in [-0.3, -0.25) is 9.83 Å². The van der Waals surface area contributed by atoms with Crippen molar-refractivity contribution in [1.29, 1.82) is 0 Å². The highest BCUT2D eigenvalue weighted by molar-refractivity contribution is 6.33. The fourth-order valence-electron chi connectivity index (χ4n) is 2.32.